The van der Waals surface area contributed by atoms with E-state index in [1.54, 1.807) is 0 Å². The molecule has 0 radical (unpaired) electrons. The van der Waals surface area contributed by atoms with E-state index >= 15 is 0 Å². The fraction of sp³-hybridized carbons (Fsp3) is 0.615. The number of nitrogen functional groups attached to an aromatic ring is 1. The van der Waals surface area contributed by atoms with Crippen molar-refractivity contribution in [1.29, 1.82) is 0 Å². The molecule has 2 heterocycles. The molecule has 20 heavy (non-hydrogen) atoms. The molecular formula is C13H20N4O3. The SMILES string of the molecule is CCCCn1c(=O)c2c(N)onc2n(CCCC)c1=O. The van der Waals surface area contributed by atoms with Gasteiger partial charge in [0.15, 0.2) is 5.65 Å². The van der Waals surface area contributed by atoms with Gasteiger partial charge in [0.25, 0.3) is 5.56 Å². The Bertz CT molecular complexity index is 711. The van der Waals surface area contributed by atoms with Crippen LogP contribution in [0.1, 0.15) is 39.5 Å². The van der Waals surface area contributed by atoms with E-state index < -0.39 is 5.56 Å². The first-order chi connectivity index (χ1) is 9.61. The average molecular weight is 280 g/mol. The molecule has 0 fully saturated rings. The number of unbranched alkanes of at least 4 members (excludes halogenated alkanes) is 2. The highest BCUT2D eigenvalue weighted by Gasteiger charge is 2.19. The first-order valence-electron chi connectivity index (χ1n) is 7.00. The predicted molar refractivity (Wildman–Crippen MR) is 76.8 cm³/mol. The molecule has 7 heteroatoms. The Morgan fingerprint density at radius 1 is 1.10 bits per heavy atom. The fourth-order valence-electron chi connectivity index (χ4n) is 2.17. The molecule has 0 atom stereocenters. The molecule has 0 unspecified atom stereocenters. The van der Waals surface area contributed by atoms with Gasteiger partial charge >= 0.3 is 5.69 Å². The number of aryl methyl sites for hydroxylation is 1. The summed E-state index contributed by atoms with van der Waals surface area (Å²) in [6.07, 6.45) is 3.43. The molecule has 0 aliphatic carbocycles. The Balaban J connectivity index is 2.69. The number of anilines is 1. The van der Waals surface area contributed by atoms with Crippen LogP contribution in [0.25, 0.3) is 11.0 Å². The van der Waals surface area contributed by atoms with E-state index in [0.717, 1.165) is 25.7 Å². The van der Waals surface area contributed by atoms with Gasteiger partial charge in [0.2, 0.25) is 5.88 Å². The van der Waals surface area contributed by atoms with Crippen molar-refractivity contribution in [1.82, 2.24) is 14.3 Å². The summed E-state index contributed by atoms with van der Waals surface area (Å²) in [5.74, 6) is -0.0273. The van der Waals surface area contributed by atoms with Gasteiger partial charge in [-0.05, 0) is 12.8 Å². The van der Waals surface area contributed by atoms with E-state index in [4.69, 9.17) is 10.3 Å². The quantitative estimate of drug-likeness (QED) is 0.861. The van der Waals surface area contributed by atoms with Gasteiger partial charge in [-0.2, -0.15) is 0 Å². The fourth-order valence-corrected chi connectivity index (χ4v) is 2.17. The minimum absolute atomic E-state index is 0.0273. The molecule has 0 aromatic carbocycles. The molecule has 0 aliphatic heterocycles. The summed E-state index contributed by atoms with van der Waals surface area (Å²) in [5.41, 5.74) is 5.17. The summed E-state index contributed by atoms with van der Waals surface area (Å²) in [6, 6.07) is 0. The maximum atomic E-state index is 12.4. The third-order valence-electron chi connectivity index (χ3n) is 3.35. The molecule has 7 nitrogen and oxygen atoms in total. The Labute approximate surface area is 116 Å². The molecule has 2 aromatic heterocycles. The molecule has 0 saturated carbocycles. The predicted octanol–water partition coefficient (Wildman–Crippen LogP) is 1.33. The van der Waals surface area contributed by atoms with Crippen LogP contribution in [0.2, 0.25) is 0 Å². The molecule has 0 amide bonds. The number of fused-ring (bicyclic) bond motifs is 1. The summed E-state index contributed by atoms with van der Waals surface area (Å²) in [6.45, 7) is 4.94. The van der Waals surface area contributed by atoms with Crippen LogP contribution in [0.5, 0.6) is 0 Å². The highest BCUT2D eigenvalue weighted by Crippen LogP contribution is 2.15. The lowest BCUT2D eigenvalue weighted by Gasteiger charge is -2.10. The minimum Gasteiger partial charge on any atom is -0.367 e. The smallest absolute Gasteiger partial charge is 0.332 e. The molecule has 0 saturated heterocycles. The summed E-state index contributed by atoms with van der Waals surface area (Å²) >= 11 is 0. The Hall–Kier alpha value is -2.05. The van der Waals surface area contributed by atoms with E-state index in [1.165, 1.54) is 9.13 Å². The number of rotatable bonds is 6. The first kappa shape index (κ1) is 14.4. The van der Waals surface area contributed by atoms with Crippen LogP contribution in [-0.2, 0) is 13.1 Å². The molecule has 2 rings (SSSR count). The third kappa shape index (κ3) is 2.35. The van der Waals surface area contributed by atoms with Crippen molar-refractivity contribution in [2.75, 3.05) is 5.73 Å². The second-order valence-corrected chi connectivity index (χ2v) is 4.84. The standard InChI is InChI=1S/C13H20N4O3/c1-3-5-7-16-11-9(10(14)20-15-11)12(18)17(13(16)19)8-6-4-2/h3-8,14H2,1-2H3. The monoisotopic (exact) mass is 280 g/mol. The van der Waals surface area contributed by atoms with Gasteiger partial charge in [0.05, 0.1) is 0 Å². The third-order valence-corrected chi connectivity index (χ3v) is 3.35. The number of hydrogen-bond donors (Lipinski definition) is 1. The molecule has 2 N–H and O–H groups in total. The summed E-state index contributed by atoms with van der Waals surface area (Å²) in [7, 11) is 0. The van der Waals surface area contributed by atoms with Crippen molar-refractivity contribution in [2.24, 2.45) is 0 Å². The zero-order valence-electron chi connectivity index (χ0n) is 11.9. The summed E-state index contributed by atoms with van der Waals surface area (Å²) in [5, 5.41) is 3.97. The lowest BCUT2D eigenvalue weighted by Crippen LogP contribution is -2.40. The lowest BCUT2D eigenvalue weighted by atomic mass is 10.3. The van der Waals surface area contributed by atoms with Crippen molar-refractivity contribution < 1.29 is 4.52 Å². The van der Waals surface area contributed by atoms with Gasteiger partial charge in [-0.15, -0.1) is 0 Å². The van der Waals surface area contributed by atoms with Crippen LogP contribution in [0.3, 0.4) is 0 Å². The zero-order valence-corrected chi connectivity index (χ0v) is 11.9. The minimum atomic E-state index is -0.412. The maximum Gasteiger partial charge on any atom is 0.332 e. The van der Waals surface area contributed by atoms with Crippen molar-refractivity contribution in [3.8, 4) is 0 Å². The highest BCUT2D eigenvalue weighted by atomic mass is 16.5. The van der Waals surface area contributed by atoms with Crippen LogP contribution >= 0.6 is 0 Å². The van der Waals surface area contributed by atoms with Crippen molar-refractivity contribution in [2.45, 2.75) is 52.6 Å². The van der Waals surface area contributed by atoms with E-state index in [0.29, 0.717) is 13.1 Å². The van der Waals surface area contributed by atoms with Gasteiger partial charge < -0.3 is 10.3 Å². The van der Waals surface area contributed by atoms with E-state index in [1.807, 2.05) is 13.8 Å². The largest absolute Gasteiger partial charge is 0.367 e. The normalized spacial score (nSPS) is 11.3. The molecule has 2 aromatic rings. The van der Waals surface area contributed by atoms with Crippen molar-refractivity contribution >= 4 is 16.9 Å². The van der Waals surface area contributed by atoms with Crippen molar-refractivity contribution in [3.63, 3.8) is 0 Å². The van der Waals surface area contributed by atoms with E-state index in [-0.39, 0.29) is 22.6 Å². The van der Waals surface area contributed by atoms with Crippen LogP contribution in [0, 0.1) is 0 Å². The number of aromatic nitrogens is 3. The van der Waals surface area contributed by atoms with Crippen molar-refractivity contribution in [3.05, 3.63) is 20.8 Å². The second kappa shape index (κ2) is 5.94. The molecule has 110 valence electrons. The Morgan fingerprint density at radius 2 is 1.70 bits per heavy atom. The van der Waals surface area contributed by atoms with Crippen LogP contribution in [-0.4, -0.2) is 14.3 Å². The number of nitrogens with two attached hydrogens (primary N) is 1. The van der Waals surface area contributed by atoms with Gasteiger partial charge in [-0.3, -0.25) is 13.9 Å². The van der Waals surface area contributed by atoms with Gasteiger partial charge in [0.1, 0.15) is 5.39 Å². The van der Waals surface area contributed by atoms with Crippen LogP contribution < -0.4 is 17.0 Å². The molecule has 0 spiro atoms. The molecular weight excluding hydrogens is 260 g/mol. The Kier molecular flexibility index (Phi) is 4.26. The van der Waals surface area contributed by atoms with Crippen LogP contribution in [0.15, 0.2) is 14.1 Å². The molecule has 0 bridgehead atoms. The Morgan fingerprint density at radius 3 is 2.30 bits per heavy atom. The van der Waals surface area contributed by atoms with Gasteiger partial charge in [-0.1, -0.05) is 31.8 Å². The zero-order chi connectivity index (χ0) is 14.7. The topological polar surface area (TPSA) is 96.0 Å². The van der Waals surface area contributed by atoms with E-state index in [2.05, 4.69) is 5.16 Å². The summed E-state index contributed by atoms with van der Waals surface area (Å²) in [4.78, 5) is 24.8. The lowest BCUT2D eigenvalue weighted by molar-refractivity contribution is 0.437. The van der Waals surface area contributed by atoms with Gasteiger partial charge in [-0.25, -0.2) is 4.79 Å². The van der Waals surface area contributed by atoms with Gasteiger partial charge in [0, 0.05) is 13.1 Å². The van der Waals surface area contributed by atoms with E-state index in [9.17, 15) is 9.59 Å². The highest BCUT2D eigenvalue weighted by molar-refractivity contribution is 5.83. The summed E-state index contributed by atoms with van der Waals surface area (Å²) < 4.78 is 7.60. The second-order valence-electron chi connectivity index (χ2n) is 4.84. The first-order valence-corrected chi connectivity index (χ1v) is 7.00. The van der Waals surface area contributed by atoms with Crippen LogP contribution in [0.4, 0.5) is 5.88 Å². The number of nitrogens with zero attached hydrogens (tertiary/aromatic N) is 3. The average Bonchev–Trinajstić information content (AvgIpc) is 2.81. The maximum absolute atomic E-state index is 12.4. The molecule has 0 aliphatic rings. The number of hydrogen-bond acceptors (Lipinski definition) is 5.